The Morgan fingerprint density at radius 2 is 1.83 bits per heavy atom. The summed E-state index contributed by atoms with van der Waals surface area (Å²) < 4.78 is 0. The lowest BCUT2D eigenvalue weighted by Crippen LogP contribution is -2.43. The lowest BCUT2D eigenvalue weighted by Gasteiger charge is -2.34. The van der Waals surface area contributed by atoms with Crippen LogP contribution in [0.25, 0.3) is 0 Å². The molecule has 0 bridgehead atoms. The predicted molar refractivity (Wildman–Crippen MR) is 72.3 cm³/mol. The fraction of sp³-hybridized carbons (Fsp3) is 0.462. The molecule has 5 heteroatoms. The zero-order chi connectivity index (χ0) is 13.2. The van der Waals surface area contributed by atoms with Crippen molar-refractivity contribution in [2.75, 3.05) is 13.1 Å². The van der Waals surface area contributed by atoms with E-state index in [1.165, 1.54) is 0 Å². The van der Waals surface area contributed by atoms with Gasteiger partial charge in [0.25, 0.3) is 0 Å². The fourth-order valence-corrected chi connectivity index (χ4v) is 2.94. The SMILES string of the molecule is O=C(O)C1(Cc2c(Cl)cccc2Cl)CCNCC1. The van der Waals surface area contributed by atoms with E-state index >= 15 is 0 Å². The molecule has 0 radical (unpaired) electrons. The summed E-state index contributed by atoms with van der Waals surface area (Å²) in [4.78, 5) is 11.6. The summed E-state index contributed by atoms with van der Waals surface area (Å²) in [5.41, 5.74) is -0.00925. The van der Waals surface area contributed by atoms with Gasteiger partial charge in [-0.05, 0) is 50.0 Å². The third kappa shape index (κ3) is 2.63. The second-order valence-electron chi connectivity index (χ2n) is 4.71. The van der Waals surface area contributed by atoms with Crippen LogP contribution in [0.4, 0.5) is 0 Å². The van der Waals surface area contributed by atoms with Crippen LogP contribution in [-0.2, 0) is 11.2 Å². The first kappa shape index (κ1) is 13.7. The Hall–Kier alpha value is -0.770. The smallest absolute Gasteiger partial charge is 0.310 e. The first-order valence-corrected chi connectivity index (χ1v) is 6.68. The number of carboxylic acids is 1. The molecule has 2 rings (SSSR count). The maximum absolute atomic E-state index is 11.6. The van der Waals surface area contributed by atoms with Gasteiger partial charge in [0.05, 0.1) is 5.41 Å². The van der Waals surface area contributed by atoms with Crippen molar-refractivity contribution in [1.82, 2.24) is 5.32 Å². The highest BCUT2D eigenvalue weighted by molar-refractivity contribution is 6.36. The molecule has 0 aliphatic carbocycles. The van der Waals surface area contributed by atoms with Crippen LogP contribution in [0, 0.1) is 5.41 Å². The molecule has 1 aliphatic heterocycles. The monoisotopic (exact) mass is 287 g/mol. The minimum atomic E-state index is -0.764. The highest BCUT2D eigenvalue weighted by Gasteiger charge is 2.40. The van der Waals surface area contributed by atoms with E-state index in [1.54, 1.807) is 18.2 Å². The van der Waals surface area contributed by atoms with Gasteiger partial charge in [-0.1, -0.05) is 29.3 Å². The van der Waals surface area contributed by atoms with Crippen LogP contribution in [0.5, 0.6) is 0 Å². The number of hydrogen-bond acceptors (Lipinski definition) is 2. The molecule has 1 aliphatic rings. The van der Waals surface area contributed by atoms with Crippen molar-refractivity contribution in [2.24, 2.45) is 5.41 Å². The molecule has 1 aromatic rings. The zero-order valence-electron chi connectivity index (χ0n) is 9.88. The molecule has 98 valence electrons. The second-order valence-corrected chi connectivity index (χ2v) is 5.53. The van der Waals surface area contributed by atoms with Crippen molar-refractivity contribution < 1.29 is 9.90 Å². The van der Waals surface area contributed by atoms with Crippen LogP contribution >= 0.6 is 23.2 Å². The van der Waals surface area contributed by atoms with Crippen LogP contribution in [-0.4, -0.2) is 24.2 Å². The maximum Gasteiger partial charge on any atom is 0.310 e. The van der Waals surface area contributed by atoms with E-state index in [2.05, 4.69) is 5.32 Å². The molecule has 18 heavy (non-hydrogen) atoms. The summed E-state index contributed by atoms with van der Waals surface area (Å²) in [5, 5.41) is 13.8. The van der Waals surface area contributed by atoms with Gasteiger partial charge < -0.3 is 10.4 Å². The minimum absolute atomic E-state index is 0.391. The zero-order valence-corrected chi connectivity index (χ0v) is 11.4. The molecule has 1 fully saturated rings. The molecule has 0 aromatic heterocycles. The van der Waals surface area contributed by atoms with Crippen molar-refractivity contribution in [3.05, 3.63) is 33.8 Å². The van der Waals surface area contributed by atoms with Gasteiger partial charge in [-0.2, -0.15) is 0 Å². The van der Waals surface area contributed by atoms with Gasteiger partial charge in [0.1, 0.15) is 0 Å². The van der Waals surface area contributed by atoms with Gasteiger partial charge in [-0.15, -0.1) is 0 Å². The van der Waals surface area contributed by atoms with E-state index < -0.39 is 11.4 Å². The minimum Gasteiger partial charge on any atom is -0.481 e. The number of aliphatic carboxylic acids is 1. The van der Waals surface area contributed by atoms with Crippen LogP contribution in [0.1, 0.15) is 18.4 Å². The van der Waals surface area contributed by atoms with E-state index in [0.717, 1.165) is 5.56 Å². The number of halogens is 2. The van der Waals surface area contributed by atoms with E-state index in [9.17, 15) is 9.90 Å². The third-order valence-corrected chi connectivity index (χ3v) is 4.30. The molecule has 3 nitrogen and oxygen atoms in total. The first-order valence-electron chi connectivity index (χ1n) is 5.92. The Labute approximate surface area is 116 Å². The van der Waals surface area contributed by atoms with Crippen molar-refractivity contribution in [2.45, 2.75) is 19.3 Å². The Morgan fingerprint density at radius 1 is 1.28 bits per heavy atom. The summed E-state index contributed by atoms with van der Waals surface area (Å²) in [6.45, 7) is 1.43. The Balaban J connectivity index is 2.32. The van der Waals surface area contributed by atoms with Crippen molar-refractivity contribution in [3.8, 4) is 0 Å². The molecule has 0 atom stereocenters. The summed E-state index contributed by atoms with van der Waals surface area (Å²) in [6.07, 6.45) is 1.59. The molecule has 1 aromatic carbocycles. The molecule has 1 heterocycles. The van der Waals surface area contributed by atoms with Crippen molar-refractivity contribution in [1.29, 1.82) is 0 Å². The van der Waals surface area contributed by atoms with Crippen molar-refractivity contribution in [3.63, 3.8) is 0 Å². The molecule has 0 unspecified atom stereocenters. The third-order valence-electron chi connectivity index (χ3n) is 3.59. The van der Waals surface area contributed by atoms with Gasteiger partial charge in [0, 0.05) is 10.0 Å². The molecule has 2 N–H and O–H groups in total. The van der Waals surface area contributed by atoms with Crippen LogP contribution in [0.15, 0.2) is 18.2 Å². The first-order chi connectivity index (χ1) is 8.55. The van der Waals surface area contributed by atoms with Gasteiger partial charge in [0.2, 0.25) is 0 Å². The van der Waals surface area contributed by atoms with Crippen LogP contribution < -0.4 is 5.32 Å². The predicted octanol–water partition coefficient (Wildman–Crippen LogP) is 2.99. The van der Waals surface area contributed by atoms with Gasteiger partial charge in [-0.3, -0.25) is 4.79 Å². The molecule has 0 saturated carbocycles. The summed E-state index contributed by atoms with van der Waals surface area (Å²) in [6, 6.07) is 5.27. The Bertz CT molecular complexity index is 436. The average Bonchev–Trinajstić information content (AvgIpc) is 2.35. The number of carboxylic acid groups (broad SMARTS) is 1. The molecule has 1 saturated heterocycles. The van der Waals surface area contributed by atoms with E-state index in [4.69, 9.17) is 23.2 Å². The number of carbonyl (C=O) groups is 1. The number of hydrogen-bond donors (Lipinski definition) is 2. The largest absolute Gasteiger partial charge is 0.481 e. The Kier molecular flexibility index (Phi) is 4.15. The number of piperidine rings is 1. The summed E-state index contributed by atoms with van der Waals surface area (Å²) >= 11 is 12.2. The number of nitrogens with one attached hydrogen (secondary N) is 1. The van der Waals surface area contributed by atoms with Gasteiger partial charge in [0.15, 0.2) is 0 Å². The molecular formula is C13H15Cl2NO2. The number of benzene rings is 1. The van der Waals surface area contributed by atoms with E-state index in [1.807, 2.05) is 0 Å². The highest BCUT2D eigenvalue weighted by Crippen LogP contribution is 2.37. The standard InChI is InChI=1S/C13H15Cl2NO2/c14-10-2-1-3-11(15)9(10)8-13(12(17)18)4-6-16-7-5-13/h1-3,16H,4-8H2,(H,17,18). The maximum atomic E-state index is 11.6. The molecular weight excluding hydrogens is 273 g/mol. The topological polar surface area (TPSA) is 49.3 Å². The van der Waals surface area contributed by atoms with Gasteiger partial charge in [-0.25, -0.2) is 0 Å². The van der Waals surface area contributed by atoms with E-state index in [-0.39, 0.29) is 0 Å². The Morgan fingerprint density at radius 3 is 2.33 bits per heavy atom. The summed E-state index contributed by atoms with van der Waals surface area (Å²) in [7, 11) is 0. The van der Waals surface area contributed by atoms with Crippen molar-refractivity contribution >= 4 is 29.2 Å². The second kappa shape index (κ2) is 5.47. The summed E-state index contributed by atoms with van der Waals surface area (Å²) in [5.74, 6) is -0.764. The average molecular weight is 288 g/mol. The highest BCUT2D eigenvalue weighted by atomic mass is 35.5. The number of rotatable bonds is 3. The molecule has 0 amide bonds. The normalized spacial score (nSPS) is 18.6. The lowest BCUT2D eigenvalue weighted by molar-refractivity contribution is -0.150. The fourth-order valence-electron chi connectivity index (χ4n) is 2.41. The van der Waals surface area contributed by atoms with E-state index in [0.29, 0.717) is 42.4 Å². The van der Waals surface area contributed by atoms with Gasteiger partial charge >= 0.3 is 5.97 Å². The van der Waals surface area contributed by atoms with Crippen LogP contribution in [0.3, 0.4) is 0 Å². The quantitative estimate of drug-likeness (QED) is 0.899. The molecule has 0 spiro atoms. The van der Waals surface area contributed by atoms with Crippen LogP contribution in [0.2, 0.25) is 10.0 Å². The lowest BCUT2D eigenvalue weighted by atomic mass is 9.74.